The maximum absolute atomic E-state index is 6.11. The number of aliphatic imine (C=N–C) groups is 1. The van der Waals surface area contributed by atoms with E-state index in [1.54, 1.807) is 0 Å². The predicted molar refractivity (Wildman–Crippen MR) is 146 cm³/mol. The summed E-state index contributed by atoms with van der Waals surface area (Å²) in [6.45, 7) is 0. The van der Waals surface area contributed by atoms with Gasteiger partial charge in [0.1, 0.15) is 17.4 Å². The smallest absolute Gasteiger partial charge is 0.243 e. The van der Waals surface area contributed by atoms with Crippen molar-refractivity contribution in [2.24, 2.45) is 4.99 Å². The summed E-state index contributed by atoms with van der Waals surface area (Å²) in [6, 6.07) is 31.1. The van der Waals surface area contributed by atoms with E-state index in [2.05, 4.69) is 96.2 Å². The molecule has 0 saturated carbocycles. The van der Waals surface area contributed by atoms with Crippen molar-refractivity contribution >= 4 is 39.0 Å². The van der Waals surface area contributed by atoms with E-state index >= 15 is 0 Å². The molecular formula is C31H24N4O. The van der Waals surface area contributed by atoms with E-state index in [4.69, 9.17) is 14.4 Å². The maximum atomic E-state index is 6.11. The number of likely N-dealkylation sites (N-methyl/N-ethyl adjacent to an activating group) is 1. The maximum Gasteiger partial charge on any atom is 0.243 e. The Balaban J connectivity index is 1.32. The molecule has 3 heterocycles. The Morgan fingerprint density at radius 3 is 2.56 bits per heavy atom. The van der Waals surface area contributed by atoms with Gasteiger partial charge in [0.2, 0.25) is 5.89 Å². The quantitative estimate of drug-likeness (QED) is 0.329. The van der Waals surface area contributed by atoms with Crippen LogP contribution >= 0.6 is 0 Å². The first kappa shape index (κ1) is 20.7. The number of hydrogen-bond donors (Lipinski definition) is 1. The van der Waals surface area contributed by atoms with Gasteiger partial charge in [0.15, 0.2) is 5.58 Å². The minimum absolute atomic E-state index is 0.0363. The van der Waals surface area contributed by atoms with Crippen molar-refractivity contribution in [1.29, 1.82) is 0 Å². The molecule has 7 rings (SSSR count). The Morgan fingerprint density at radius 1 is 0.861 bits per heavy atom. The molecule has 2 aliphatic rings. The number of fused-ring (bicyclic) bond motifs is 4. The highest BCUT2D eigenvalue weighted by Gasteiger charge is 2.33. The lowest BCUT2D eigenvalue weighted by atomic mass is 9.93. The first-order valence-electron chi connectivity index (χ1n) is 12.2. The van der Waals surface area contributed by atoms with Gasteiger partial charge in [0, 0.05) is 23.6 Å². The van der Waals surface area contributed by atoms with E-state index in [-0.39, 0.29) is 12.2 Å². The Hall–Kier alpha value is -4.64. The first-order chi connectivity index (χ1) is 17.8. The van der Waals surface area contributed by atoms with Crippen LogP contribution in [0.2, 0.25) is 0 Å². The lowest BCUT2D eigenvalue weighted by Gasteiger charge is -2.38. The lowest BCUT2D eigenvalue weighted by molar-refractivity contribution is 0.353. The van der Waals surface area contributed by atoms with Crippen LogP contribution in [0.15, 0.2) is 119 Å². The molecule has 2 unspecified atom stereocenters. The summed E-state index contributed by atoms with van der Waals surface area (Å²) < 4.78 is 6.11. The molecule has 2 atom stereocenters. The van der Waals surface area contributed by atoms with Crippen LogP contribution in [0.25, 0.3) is 27.6 Å². The third-order valence-electron chi connectivity index (χ3n) is 7.02. The molecule has 5 nitrogen and oxygen atoms in total. The topological polar surface area (TPSA) is 53.7 Å². The minimum Gasteiger partial charge on any atom is -0.435 e. The molecule has 5 heteroatoms. The molecule has 5 aromatic rings. The minimum atomic E-state index is -0.201. The molecule has 1 N–H and O–H groups in total. The number of nitrogens with zero attached hydrogens (tertiary/aromatic N) is 3. The average molecular weight is 469 g/mol. The molecule has 36 heavy (non-hydrogen) atoms. The van der Waals surface area contributed by atoms with Crippen molar-refractivity contribution < 1.29 is 4.42 Å². The predicted octanol–water partition coefficient (Wildman–Crippen LogP) is 6.48. The van der Waals surface area contributed by atoms with E-state index in [1.165, 1.54) is 10.8 Å². The second-order valence-electron chi connectivity index (χ2n) is 9.17. The van der Waals surface area contributed by atoms with Crippen molar-refractivity contribution in [2.75, 3.05) is 12.4 Å². The number of hydrogen-bond acceptors (Lipinski definition) is 5. The largest absolute Gasteiger partial charge is 0.435 e. The Kier molecular flexibility index (Phi) is 4.74. The molecule has 0 amide bonds. The number of nitrogens with one attached hydrogen (secondary N) is 1. The van der Waals surface area contributed by atoms with Gasteiger partial charge in [0.25, 0.3) is 0 Å². The SMILES string of the molecule is CN1C(c2nc3ccccc3o2)=CC=CC1C1N=C(c2ccccc2)c2ccc3ccccc3c2N1. The van der Waals surface area contributed by atoms with E-state index < -0.39 is 0 Å². The number of benzene rings is 4. The fraction of sp³-hybridized carbons (Fsp3) is 0.0968. The van der Waals surface area contributed by atoms with Crippen LogP contribution in [0.4, 0.5) is 5.69 Å². The van der Waals surface area contributed by atoms with Gasteiger partial charge in [-0.1, -0.05) is 91.0 Å². The van der Waals surface area contributed by atoms with Gasteiger partial charge in [-0.15, -0.1) is 0 Å². The zero-order valence-corrected chi connectivity index (χ0v) is 19.8. The van der Waals surface area contributed by atoms with Crippen LogP contribution in [0.3, 0.4) is 0 Å². The molecule has 0 radical (unpaired) electrons. The number of para-hydroxylation sites is 2. The summed E-state index contributed by atoms with van der Waals surface area (Å²) in [5, 5.41) is 6.18. The number of allylic oxidation sites excluding steroid dienone is 2. The van der Waals surface area contributed by atoms with Crippen LogP contribution < -0.4 is 5.32 Å². The van der Waals surface area contributed by atoms with E-state index in [9.17, 15) is 0 Å². The monoisotopic (exact) mass is 468 g/mol. The van der Waals surface area contributed by atoms with E-state index in [1.807, 2.05) is 30.3 Å². The number of aromatic nitrogens is 1. The zero-order valence-electron chi connectivity index (χ0n) is 19.8. The molecule has 0 aliphatic carbocycles. The molecule has 1 aromatic heterocycles. The summed E-state index contributed by atoms with van der Waals surface area (Å²) in [7, 11) is 2.08. The summed E-state index contributed by atoms with van der Waals surface area (Å²) in [5.74, 6) is 0.613. The molecular weight excluding hydrogens is 444 g/mol. The summed E-state index contributed by atoms with van der Waals surface area (Å²) in [6.07, 6.45) is 6.11. The van der Waals surface area contributed by atoms with Crippen molar-refractivity contribution in [3.8, 4) is 0 Å². The molecule has 4 aromatic carbocycles. The normalized spacial score (nSPS) is 19.1. The molecule has 0 fully saturated rings. The highest BCUT2D eigenvalue weighted by atomic mass is 16.3. The standard InChI is InChI=1S/C31H24N4O/c1-35-25(15-9-16-26(35)31-32-24-14-7-8-17-27(24)36-31)30-33-28(21-11-3-2-4-12-21)23-19-18-20-10-5-6-13-22(20)29(23)34-30/h2-19,25,30,34H,1H3. The van der Waals surface area contributed by atoms with Crippen LogP contribution in [-0.4, -0.2) is 34.9 Å². The zero-order chi connectivity index (χ0) is 24.1. The number of anilines is 1. The van der Waals surface area contributed by atoms with Gasteiger partial charge < -0.3 is 14.6 Å². The second kappa shape index (κ2) is 8.24. The van der Waals surface area contributed by atoms with Crippen molar-refractivity contribution in [3.63, 3.8) is 0 Å². The number of rotatable bonds is 3. The van der Waals surface area contributed by atoms with Crippen molar-refractivity contribution in [3.05, 3.63) is 126 Å². The Bertz CT molecular complexity index is 1660. The van der Waals surface area contributed by atoms with Crippen LogP contribution in [-0.2, 0) is 0 Å². The highest BCUT2D eigenvalue weighted by molar-refractivity contribution is 6.20. The summed E-state index contributed by atoms with van der Waals surface area (Å²) in [5.41, 5.74) is 6.92. The fourth-order valence-electron chi connectivity index (χ4n) is 5.19. The Morgan fingerprint density at radius 2 is 1.67 bits per heavy atom. The summed E-state index contributed by atoms with van der Waals surface area (Å²) >= 11 is 0. The van der Waals surface area contributed by atoms with Crippen molar-refractivity contribution in [1.82, 2.24) is 9.88 Å². The van der Waals surface area contributed by atoms with Gasteiger partial charge in [-0.25, -0.2) is 4.98 Å². The van der Waals surface area contributed by atoms with Crippen molar-refractivity contribution in [2.45, 2.75) is 12.2 Å². The van der Waals surface area contributed by atoms with Gasteiger partial charge in [-0.2, -0.15) is 0 Å². The molecule has 0 spiro atoms. The molecule has 174 valence electrons. The highest BCUT2D eigenvalue weighted by Crippen LogP contribution is 2.36. The van der Waals surface area contributed by atoms with Gasteiger partial charge in [-0.3, -0.25) is 4.99 Å². The third kappa shape index (κ3) is 3.32. The molecule has 0 bridgehead atoms. The Labute approximate surface area is 209 Å². The van der Waals surface area contributed by atoms with E-state index in [0.717, 1.165) is 39.3 Å². The van der Waals surface area contributed by atoms with Crippen LogP contribution in [0, 0.1) is 0 Å². The molecule has 0 saturated heterocycles. The summed E-state index contributed by atoms with van der Waals surface area (Å²) in [4.78, 5) is 12.2. The fourth-order valence-corrected chi connectivity index (χ4v) is 5.19. The van der Waals surface area contributed by atoms with Gasteiger partial charge >= 0.3 is 0 Å². The van der Waals surface area contributed by atoms with Crippen LogP contribution in [0.5, 0.6) is 0 Å². The second-order valence-corrected chi connectivity index (χ2v) is 9.17. The first-order valence-corrected chi connectivity index (χ1v) is 12.2. The third-order valence-corrected chi connectivity index (χ3v) is 7.02. The lowest BCUT2D eigenvalue weighted by Crippen LogP contribution is -2.45. The van der Waals surface area contributed by atoms with Crippen LogP contribution in [0.1, 0.15) is 17.0 Å². The average Bonchev–Trinajstić information content (AvgIpc) is 3.37. The van der Waals surface area contributed by atoms with Gasteiger partial charge in [-0.05, 0) is 23.6 Å². The van der Waals surface area contributed by atoms with E-state index in [0.29, 0.717) is 5.89 Å². The number of oxazole rings is 1. The van der Waals surface area contributed by atoms with Gasteiger partial charge in [0.05, 0.1) is 17.4 Å². The molecule has 2 aliphatic heterocycles.